The van der Waals surface area contributed by atoms with Gasteiger partial charge in [0, 0.05) is 62.0 Å². The van der Waals surface area contributed by atoms with Gasteiger partial charge >= 0.3 is 0 Å². The molecule has 2 heterocycles. The lowest BCUT2D eigenvalue weighted by Gasteiger charge is -2.38. The van der Waals surface area contributed by atoms with Crippen molar-refractivity contribution in [3.05, 3.63) is 28.2 Å². The average Bonchev–Trinajstić information content (AvgIpc) is 2.58. The Labute approximate surface area is 148 Å². The summed E-state index contributed by atoms with van der Waals surface area (Å²) in [6, 6.07) is 7.38. The third kappa shape index (κ3) is 4.47. The molecule has 0 unspecified atom stereocenters. The summed E-state index contributed by atoms with van der Waals surface area (Å²) in [5, 5.41) is 0. The maximum atomic E-state index is 5.51. The zero-order chi connectivity index (χ0) is 16.2. The number of morpholine rings is 1. The Morgan fingerprint density at radius 1 is 1.04 bits per heavy atom. The van der Waals surface area contributed by atoms with E-state index < -0.39 is 0 Å². The summed E-state index contributed by atoms with van der Waals surface area (Å²) in [4.78, 5) is 7.63. The second kappa shape index (κ2) is 7.97. The summed E-state index contributed by atoms with van der Waals surface area (Å²) in [5.74, 6) is 0. The highest BCUT2D eigenvalue weighted by Gasteiger charge is 2.21. The largest absolute Gasteiger partial charge is 0.378 e. The zero-order valence-corrected chi connectivity index (χ0v) is 15.9. The average molecular weight is 382 g/mol. The summed E-state index contributed by atoms with van der Waals surface area (Å²) in [6.07, 6.45) is 0. The first-order valence-corrected chi connectivity index (χ1v) is 9.50. The van der Waals surface area contributed by atoms with Crippen LogP contribution in [0.3, 0.4) is 0 Å². The van der Waals surface area contributed by atoms with E-state index >= 15 is 0 Å². The molecule has 1 aromatic carbocycles. The molecule has 1 aromatic rings. The van der Waals surface area contributed by atoms with E-state index in [-0.39, 0.29) is 0 Å². The predicted molar refractivity (Wildman–Crippen MR) is 99.2 cm³/mol. The van der Waals surface area contributed by atoms with Crippen molar-refractivity contribution in [3.8, 4) is 0 Å². The summed E-state index contributed by atoms with van der Waals surface area (Å²) in [6.45, 7) is 14.0. The van der Waals surface area contributed by atoms with E-state index in [1.165, 1.54) is 24.3 Å². The Bertz CT molecular complexity index is 509. The van der Waals surface area contributed by atoms with E-state index in [9.17, 15) is 0 Å². The topological polar surface area (TPSA) is 19.0 Å². The number of hydrogen-bond donors (Lipinski definition) is 0. The molecule has 0 bridgehead atoms. The number of anilines is 1. The van der Waals surface area contributed by atoms with Crippen LogP contribution in [0.2, 0.25) is 0 Å². The number of nitrogens with zero attached hydrogens (tertiary/aromatic N) is 3. The molecule has 0 saturated carbocycles. The molecule has 2 aliphatic rings. The van der Waals surface area contributed by atoms with E-state index in [1.807, 2.05) is 0 Å². The van der Waals surface area contributed by atoms with Gasteiger partial charge in [-0.2, -0.15) is 0 Å². The fourth-order valence-electron chi connectivity index (χ4n) is 3.45. The minimum Gasteiger partial charge on any atom is -0.378 e. The zero-order valence-electron chi connectivity index (χ0n) is 14.3. The second-order valence-electron chi connectivity index (χ2n) is 6.78. The van der Waals surface area contributed by atoms with Gasteiger partial charge in [-0.3, -0.25) is 9.80 Å². The molecule has 2 fully saturated rings. The van der Waals surface area contributed by atoms with Gasteiger partial charge in [-0.15, -0.1) is 0 Å². The van der Waals surface area contributed by atoms with Crippen LogP contribution in [0.25, 0.3) is 0 Å². The van der Waals surface area contributed by atoms with Crippen molar-refractivity contribution in [3.63, 3.8) is 0 Å². The van der Waals surface area contributed by atoms with E-state index in [0.717, 1.165) is 50.4 Å². The maximum absolute atomic E-state index is 5.51. The van der Waals surface area contributed by atoms with Gasteiger partial charge in [0.25, 0.3) is 0 Å². The molecule has 0 aromatic heterocycles. The first-order valence-electron chi connectivity index (χ1n) is 8.71. The maximum Gasteiger partial charge on any atom is 0.0642 e. The number of hydrogen-bond acceptors (Lipinski definition) is 4. The van der Waals surface area contributed by atoms with Crippen LogP contribution in [-0.2, 0) is 11.3 Å². The fraction of sp³-hybridized carbons (Fsp3) is 0.667. The minimum atomic E-state index is 0.661. The first-order chi connectivity index (χ1) is 11.1. The van der Waals surface area contributed by atoms with Crippen molar-refractivity contribution in [2.75, 3.05) is 57.4 Å². The minimum absolute atomic E-state index is 0.661. The van der Waals surface area contributed by atoms with Crippen LogP contribution >= 0.6 is 15.9 Å². The lowest BCUT2D eigenvalue weighted by atomic mass is 10.1. The SMILES string of the molecule is CC(C)N1CCN(Cc2ccc(Br)cc2N2CCOCC2)CC1. The molecule has 3 rings (SSSR count). The Morgan fingerprint density at radius 3 is 2.39 bits per heavy atom. The highest BCUT2D eigenvalue weighted by atomic mass is 79.9. The Morgan fingerprint density at radius 2 is 1.74 bits per heavy atom. The highest BCUT2D eigenvalue weighted by molar-refractivity contribution is 9.10. The predicted octanol–water partition coefficient (Wildman–Crippen LogP) is 2.81. The van der Waals surface area contributed by atoms with Crippen molar-refractivity contribution in [1.82, 2.24) is 9.80 Å². The van der Waals surface area contributed by atoms with Gasteiger partial charge in [0.2, 0.25) is 0 Å². The summed E-state index contributed by atoms with van der Waals surface area (Å²) in [5.41, 5.74) is 2.81. The van der Waals surface area contributed by atoms with Gasteiger partial charge in [-0.1, -0.05) is 22.0 Å². The molecule has 5 heteroatoms. The van der Waals surface area contributed by atoms with Gasteiger partial charge in [0.15, 0.2) is 0 Å². The van der Waals surface area contributed by atoms with E-state index in [0.29, 0.717) is 6.04 Å². The van der Waals surface area contributed by atoms with Crippen LogP contribution in [-0.4, -0.2) is 68.3 Å². The van der Waals surface area contributed by atoms with Crippen LogP contribution < -0.4 is 4.90 Å². The van der Waals surface area contributed by atoms with Crippen LogP contribution in [0.15, 0.2) is 22.7 Å². The molecule has 23 heavy (non-hydrogen) atoms. The van der Waals surface area contributed by atoms with Crippen molar-refractivity contribution >= 4 is 21.6 Å². The molecule has 128 valence electrons. The van der Waals surface area contributed by atoms with Crippen LogP contribution in [0, 0.1) is 0 Å². The Balaban J connectivity index is 1.68. The van der Waals surface area contributed by atoms with Crippen molar-refractivity contribution in [2.24, 2.45) is 0 Å². The van der Waals surface area contributed by atoms with E-state index in [2.05, 4.69) is 62.7 Å². The summed E-state index contributed by atoms with van der Waals surface area (Å²) < 4.78 is 6.67. The van der Waals surface area contributed by atoms with Crippen molar-refractivity contribution in [1.29, 1.82) is 0 Å². The molecule has 4 nitrogen and oxygen atoms in total. The smallest absolute Gasteiger partial charge is 0.0642 e. The quantitative estimate of drug-likeness (QED) is 0.797. The van der Waals surface area contributed by atoms with Gasteiger partial charge < -0.3 is 9.64 Å². The van der Waals surface area contributed by atoms with Gasteiger partial charge in [0.05, 0.1) is 13.2 Å². The molecule has 0 atom stereocenters. The van der Waals surface area contributed by atoms with Gasteiger partial charge in [-0.05, 0) is 31.5 Å². The van der Waals surface area contributed by atoms with Crippen LogP contribution in [0.5, 0.6) is 0 Å². The van der Waals surface area contributed by atoms with Gasteiger partial charge in [0.1, 0.15) is 0 Å². The third-order valence-corrected chi connectivity index (χ3v) is 5.42. The van der Waals surface area contributed by atoms with E-state index in [4.69, 9.17) is 4.74 Å². The van der Waals surface area contributed by atoms with Crippen LogP contribution in [0.4, 0.5) is 5.69 Å². The normalized spacial score (nSPS) is 21.1. The fourth-order valence-corrected chi connectivity index (χ4v) is 3.80. The molecule has 0 spiro atoms. The molecule has 0 aliphatic carbocycles. The molecule has 0 amide bonds. The molecule has 0 radical (unpaired) electrons. The number of halogens is 1. The monoisotopic (exact) mass is 381 g/mol. The Kier molecular flexibility index (Phi) is 5.96. The number of piperazine rings is 1. The summed E-state index contributed by atoms with van der Waals surface area (Å²) >= 11 is 3.63. The van der Waals surface area contributed by atoms with Crippen LogP contribution in [0.1, 0.15) is 19.4 Å². The van der Waals surface area contributed by atoms with Crippen molar-refractivity contribution in [2.45, 2.75) is 26.4 Å². The third-order valence-electron chi connectivity index (χ3n) is 4.93. The van der Waals surface area contributed by atoms with Gasteiger partial charge in [-0.25, -0.2) is 0 Å². The lowest BCUT2D eigenvalue weighted by molar-refractivity contribution is 0.104. The second-order valence-corrected chi connectivity index (χ2v) is 7.69. The number of benzene rings is 1. The molecule has 0 N–H and O–H groups in total. The van der Waals surface area contributed by atoms with Crippen molar-refractivity contribution < 1.29 is 4.74 Å². The molecular formula is C18H28BrN3O. The molecule has 2 aliphatic heterocycles. The summed E-state index contributed by atoms with van der Waals surface area (Å²) in [7, 11) is 0. The number of ether oxygens (including phenoxy) is 1. The van der Waals surface area contributed by atoms with E-state index in [1.54, 1.807) is 0 Å². The molecular weight excluding hydrogens is 354 g/mol. The standard InChI is InChI=1S/C18H28BrN3O/c1-15(2)21-7-5-20(6-8-21)14-16-3-4-17(19)13-18(16)22-9-11-23-12-10-22/h3-4,13,15H,5-12,14H2,1-2H3. The number of rotatable bonds is 4. The lowest BCUT2D eigenvalue weighted by Crippen LogP contribution is -2.48. The Hall–Kier alpha value is -0.620. The molecule has 2 saturated heterocycles. The first kappa shape index (κ1) is 17.2. The highest BCUT2D eigenvalue weighted by Crippen LogP contribution is 2.27.